The summed E-state index contributed by atoms with van der Waals surface area (Å²) in [5, 5.41) is 9.19. The van der Waals surface area contributed by atoms with E-state index >= 15 is 0 Å². The maximum atomic E-state index is 12.4. The fourth-order valence-corrected chi connectivity index (χ4v) is 4.36. The first-order valence-corrected chi connectivity index (χ1v) is 13.8. The maximum absolute atomic E-state index is 12.4. The van der Waals surface area contributed by atoms with Gasteiger partial charge in [0.05, 0.1) is 5.37 Å². The Bertz CT molecular complexity index is 760. The van der Waals surface area contributed by atoms with Crippen molar-refractivity contribution in [3.63, 3.8) is 0 Å². The molecule has 1 aromatic rings. The van der Waals surface area contributed by atoms with Crippen LogP contribution in [-0.4, -0.2) is 41.9 Å². The van der Waals surface area contributed by atoms with Gasteiger partial charge < -0.3 is 25.4 Å². The first kappa shape index (κ1) is 30.9. The van der Waals surface area contributed by atoms with Gasteiger partial charge in [0.2, 0.25) is 0 Å². The molecule has 0 saturated heterocycles. The molecule has 1 atom stereocenters. The number of anilines is 1. The SMILES string of the molecule is CCCCCCNc1ccccc1CSC(CCCNC(=O)OC(C)(C)C)NC(=O)OC(C)(C)C. The Labute approximate surface area is 216 Å². The van der Waals surface area contributed by atoms with Crippen LogP contribution in [0, 0.1) is 0 Å². The number of thioether (sulfide) groups is 1. The third kappa shape index (κ3) is 16.3. The van der Waals surface area contributed by atoms with Crippen molar-refractivity contribution in [1.82, 2.24) is 10.6 Å². The Morgan fingerprint density at radius 2 is 1.54 bits per heavy atom. The number of para-hydroxylation sites is 1. The number of hydrogen-bond acceptors (Lipinski definition) is 6. The smallest absolute Gasteiger partial charge is 0.408 e. The molecular weight excluding hydrogens is 462 g/mol. The summed E-state index contributed by atoms with van der Waals surface area (Å²) in [5.74, 6) is 0.748. The number of benzene rings is 1. The van der Waals surface area contributed by atoms with E-state index in [1.165, 1.54) is 24.8 Å². The largest absolute Gasteiger partial charge is 0.444 e. The fraction of sp³-hybridized carbons (Fsp3) is 0.704. The van der Waals surface area contributed by atoms with Gasteiger partial charge in [-0.25, -0.2) is 9.59 Å². The quantitative estimate of drug-likeness (QED) is 0.184. The van der Waals surface area contributed by atoms with E-state index in [1.54, 1.807) is 11.8 Å². The molecule has 8 heteroatoms. The van der Waals surface area contributed by atoms with Gasteiger partial charge in [-0.15, -0.1) is 11.8 Å². The van der Waals surface area contributed by atoms with Gasteiger partial charge in [0.25, 0.3) is 0 Å². The van der Waals surface area contributed by atoms with Crippen LogP contribution in [0.3, 0.4) is 0 Å². The highest BCUT2D eigenvalue weighted by Gasteiger charge is 2.21. The minimum Gasteiger partial charge on any atom is -0.444 e. The molecule has 0 aliphatic heterocycles. The molecule has 0 fully saturated rings. The number of rotatable bonds is 14. The van der Waals surface area contributed by atoms with Crippen LogP contribution in [0.4, 0.5) is 15.3 Å². The molecule has 1 rings (SSSR count). The van der Waals surface area contributed by atoms with Crippen LogP contribution in [0.25, 0.3) is 0 Å². The van der Waals surface area contributed by atoms with Crippen LogP contribution in [0.1, 0.15) is 92.6 Å². The van der Waals surface area contributed by atoms with Crippen LogP contribution in [0.2, 0.25) is 0 Å². The molecule has 0 spiro atoms. The van der Waals surface area contributed by atoms with E-state index < -0.39 is 23.4 Å². The van der Waals surface area contributed by atoms with Crippen molar-refractivity contribution < 1.29 is 19.1 Å². The summed E-state index contributed by atoms with van der Waals surface area (Å²) in [6, 6.07) is 8.31. The molecule has 0 aliphatic rings. The molecule has 0 aliphatic carbocycles. The zero-order valence-corrected chi connectivity index (χ0v) is 23.6. The van der Waals surface area contributed by atoms with Crippen molar-refractivity contribution in [3.05, 3.63) is 29.8 Å². The third-order valence-electron chi connectivity index (χ3n) is 4.79. The molecule has 1 unspecified atom stereocenters. The Morgan fingerprint density at radius 3 is 2.20 bits per heavy atom. The number of hydrogen-bond donors (Lipinski definition) is 3. The summed E-state index contributed by atoms with van der Waals surface area (Å²) in [4.78, 5) is 24.3. The number of ether oxygens (including phenoxy) is 2. The van der Waals surface area contributed by atoms with Crippen molar-refractivity contribution in [3.8, 4) is 0 Å². The highest BCUT2D eigenvalue weighted by atomic mass is 32.2. The van der Waals surface area contributed by atoms with Crippen molar-refractivity contribution >= 4 is 29.6 Å². The molecule has 3 N–H and O–H groups in total. The lowest BCUT2D eigenvalue weighted by molar-refractivity contribution is 0.0503. The van der Waals surface area contributed by atoms with Gasteiger partial charge in [0.15, 0.2) is 0 Å². The van der Waals surface area contributed by atoms with E-state index in [0.717, 1.165) is 24.4 Å². The molecule has 0 saturated carbocycles. The van der Waals surface area contributed by atoms with Crippen molar-refractivity contribution in [2.75, 3.05) is 18.4 Å². The lowest BCUT2D eigenvalue weighted by Crippen LogP contribution is -2.38. The van der Waals surface area contributed by atoms with Gasteiger partial charge in [-0.2, -0.15) is 0 Å². The Kier molecular flexibility index (Phi) is 14.0. The summed E-state index contributed by atoms with van der Waals surface area (Å²) in [6.45, 7) is 14.7. The molecule has 0 radical (unpaired) electrons. The highest BCUT2D eigenvalue weighted by Crippen LogP contribution is 2.25. The molecule has 7 nitrogen and oxygen atoms in total. The topological polar surface area (TPSA) is 88.7 Å². The van der Waals surface area contributed by atoms with Crippen LogP contribution < -0.4 is 16.0 Å². The maximum Gasteiger partial charge on any atom is 0.408 e. The first-order chi connectivity index (χ1) is 16.4. The fourth-order valence-electron chi connectivity index (χ4n) is 3.21. The van der Waals surface area contributed by atoms with E-state index in [0.29, 0.717) is 19.4 Å². The first-order valence-electron chi connectivity index (χ1n) is 12.8. The Morgan fingerprint density at radius 1 is 0.886 bits per heavy atom. The summed E-state index contributed by atoms with van der Waals surface area (Å²) in [7, 11) is 0. The summed E-state index contributed by atoms with van der Waals surface area (Å²) in [5.41, 5.74) is 1.25. The average molecular weight is 510 g/mol. The number of unbranched alkanes of at least 4 members (excludes halogenated alkanes) is 3. The average Bonchev–Trinajstić information content (AvgIpc) is 2.72. The lowest BCUT2D eigenvalue weighted by Gasteiger charge is -2.24. The standard InChI is InChI=1S/C27H47N3O4S/c1-8-9-10-13-18-28-22-16-12-11-15-21(22)20-35-23(30-25(32)34-27(5,6)7)17-14-19-29-24(31)33-26(2,3)4/h11-12,15-16,23,28H,8-10,13-14,17-20H2,1-7H3,(H,29,31)(H,30,32). The van der Waals surface area contributed by atoms with Crippen molar-refractivity contribution in [2.24, 2.45) is 0 Å². The summed E-state index contributed by atoms with van der Waals surface area (Å²) in [6.07, 6.45) is 5.41. The number of amides is 2. The number of carbonyl (C=O) groups is 2. The molecule has 1 aromatic carbocycles. The Balaban J connectivity index is 2.66. The summed E-state index contributed by atoms with van der Waals surface area (Å²) >= 11 is 1.66. The second-order valence-electron chi connectivity index (χ2n) is 10.7. The second-order valence-corrected chi connectivity index (χ2v) is 11.9. The van der Waals surface area contributed by atoms with E-state index in [1.807, 2.05) is 53.7 Å². The molecule has 200 valence electrons. The van der Waals surface area contributed by atoms with Crippen molar-refractivity contribution in [1.29, 1.82) is 0 Å². The number of alkyl carbamates (subject to hydrolysis) is 2. The van der Waals surface area contributed by atoms with Crippen LogP contribution in [-0.2, 0) is 15.2 Å². The highest BCUT2D eigenvalue weighted by molar-refractivity contribution is 7.99. The zero-order valence-electron chi connectivity index (χ0n) is 22.8. The predicted octanol–water partition coefficient (Wildman–Crippen LogP) is 7.07. The molecule has 2 amide bonds. The molecular formula is C27H47N3O4S. The predicted molar refractivity (Wildman–Crippen MR) is 147 cm³/mol. The van der Waals surface area contributed by atoms with Gasteiger partial charge in [-0.05, 0) is 72.4 Å². The summed E-state index contributed by atoms with van der Waals surface area (Å²) < 4.78 is 10.7. The van der Waals surface area contributed by atoms with Crippen LogP contribution in [0.5, 0.6) is 0 Å². The third-order valence-corrected chi connectivity index (χ3v) is 6.03. The van der Waals surface area contributed by atoms with E-state index in [9.17, 15) is 9.59 Å². The molecule has 35 heavy (non-hydrogen) atoms. The Hall–Kier alpha value is -2.09. The second kappa shape index (κ2) is 15.8. The van der Waals surface area contributed by atoms with Crippen LogP contribution in [0.15, 0.2) is 24.3 Å². The molecule has 0 aromatic heterocycles. The minimum absolute atomic E-state index is 0.150. The van der Waals surface area contributed by atoms with Crippen molar-refractivity contribution in [2.45, 2.75) is 109 Å². The number of nitrogens with one attached hydrogen (secondary N) is 3. The minimum atomic E-state index is -0.564. The normalized spacial score (nSPS) is 12.5. The van der Waals surface area contributed by atoms with Gasteiger partial charge in [0, 0.05) is 24.5 Å². The van der Waals surface area contributed by atoms with Gasteiger partial charge in [-0.3, -0.25) is 0 Å². The van der Waals surface area contributed by atoms with E-state index in [-0.39, 0.29) is 5.37 Å². The van der Waals surface area contributed by atoms with E-state index in [2.05, 4.69) is 35.0 Å². The molecule has 0 bridgehead atoms. The number of carbonyl (C=O) groups excluding carboxylic acids is 2. The lowest BCUT2D eigenvalue weighted by atomic mass is 10.2. The van der Waals surface area contributed by atoms with Gasteiger partial charge in [0.1, 0.15) is 11.2 Å². The van der Waals surface area contributed by atoms with Gasteiger partial charge >= 0.3 is 12.2 Å². The van der Waals surface area contributed by atoms with Crippen LogP contribution >= 0.6 is 11.8 Å². The van der Waals surface area contributed by atoms with E-state index in [4.69, 9.17) is 9.47 Å². The molecule has 0 heterocycles. The monoisotopic (exact) mass is 509 g/mol. The van der Waals surface area contributed by atoms with Gasteiger partial charge in [-0.1, -0.05) is 44.4 Å². The zero-order chi connectivity index (χ0) is 26.3.